The molecule has 0 spiro atoms. The lowest BCUT2D eigenvalue weighted by atomic mass is 10.2. The first-order valence-electron chi connectivity index (χ1n) is 6.74. The van der Waals surface area contributed by atoms with Crippen LogP contribution in [0, 0.1) is 0 Å². The summed E-state index contributed by atoms with van der Waals surface area (Å²) in [6.45, 7) is 2.91. The summed E-state index contributed by atoms with van der Waals surface area (Å²) in [5.74, 6) is 0.262. The van der Waals surface area contributed by atoms with E-state index in [0.29, 0.717) is 24.6 Å². The number of hydrogen-bond acceptors (Lipinski definition) is 4. The zero-order valence-corrected chi connectivity index (χ0v) is 11.8. The molecule has 2 heterocycles. The van der Waals surface area contributed by atoms with Gasteiger partial charge in [0.15, 0.2) is 0 Å². The minimum absolute atomic E-state index is 0.242. The van der Waals surface area contributed by atoms with Gasteiger partial charge < -0.3 is 15.0 Å². The number of H-pyrrole nitrogens is 1. The normalized spacial score (nSPS) is 10.1. The Balaban J connectivity index is 2.01. The number of aromatic amines is 1. The topological polar surface area (TPSA) is 84.1 Å². The maximum Gasteiger partial charge on any atom is 0.253 e. The van der Waals surface area contributed by atoms with Gasteiger partial charge in [-0.15, -0.1) is 0 Å². The molecule has 2 rings (SSSR count). The van der Waals surface area contributed by atoms with Crippen LogP contribution >= 0.6 is 0 Å². The number of rotatable bonds is 6. The Morgan fingerprint density at radius 3 is 2.95 bits per heavy atom. The van der Waals surface area contributed by atoms with Crippen molar-refractivity contribution in [1.82, 2.24) is 15.3 Å². The van der Waals surface area contributed by atoms with Crippen LogP contribution in [-0.2, 0) is 6.54 Å². The Labute approximate surface area is 122 Å². The first kappa shape index (κ1) is 14.8. The molecular weight excluding hydrogens is 270 g/mol. The van der Waals surface area contributed by atoms with Crippen molar-refractivity contribution in [2.45, 2.75) is 19.9 Å². The van der Waals surface area contributed by atoms with E-state index in [1.807, 2.05) is 13.0 Å². The highest BCUT2D eigenvalue weighted by Gasteiger charge is 2.08. The number of carbonyl (C=O) groups excluding carboxylic acids is 1. The van der Waals surface area contributed by atoms with Gasteiger partial charge in [0, 0.05) is 30.6 Å². The van der Waals surface area contributed by atoms with Crippen molar-refractivity contribution in [3.8, 4) is 5.88 Å². The summed E-state index contributed by atoms with van der Waals surface area (Å²) >= 11 is 0. The molecule has 6 heteroatoms. The molecular formula is C15H17N3O3. The quantitative estimate of drug-likeness (QED) is 0.843. The number of aromatic nitrogens is 2. The molecule has 2 N–H and O–H groups in total. The van der Waals surface area contributed by atoms with E-state index in [4.69, 9.17) is 4.74 Å². The molecule has 110 valence electrons. The van der Waals surface area contributed by atoms with Crippen LogP contribution in [-0.4, -0.2) is 22.5 Å². The molecule has 6 nitrogen and oxygen atoms in total. The minimum atomic E-state index is -0.267. The van der Waals surface area contributed by atoms with Crippen molar-refractivity contribution >= 4 is 5.91 Å². The highest BCUT2D eigenvalue weighted by molar-refractivity contribution is 5.93. The Hall–Kier alpha value is -2.63. The lowest BCUT2D eigenvalue weighted by molar-refractivity contribution is 0.0950. The van der Waals surface area contributed by atoms with Gasteiger partial charge in [-0.3, -0.25) is 9.59 Å². The molecule has 0 unspecified atom stereocenters. The molecule has 0 radical (unpaired) electrons. The van der Waals surface area contributed by atoms with Crippen LogP contribution in [0.1, 0.15) is 29.3 Å². The largest absolute Gasteiger partial charge is 0.477 e. The first-order chi connectivity index (χ1) is 10.2. The number of hydrogen-bond donors (Lipinski definition) is 2. The molecule has 0 bridgehead atoms. The van der Waals surface area contributed by atoms with Gasteiger partial charge in [0.1, 0.15) is 0 Å². The molecule has 2 aromatic rings. The van der Waals surface area contributed by atoms with Gasteiger partial charge in [-0.05, 0) is 18.6 Å². The smallest absolute Gasteiger partial charge is 0.253 e. The van der Waals surface area contributed by atoms with E-state index >= 15 is 0 Å². The molecule has 0 saturated carbocycles. The molecule has 0 atom stereocenters. The highest BCUT2D eigenvalue weighted by Crippen LogP contribution is 2.14. The second kappa shape index (κ2) is 7.23. The van der Waals surface area contributed by atoms with Gasteiger partial charge in [0.2, 0.25) is 11.4 Å². The van der Waals surface area contributed by atoms with Gasteiger partial charge in [-0.2, -0.15) is 0 Å². The molecule has 0 aliphatic rings. The second-order valence-corrected chi connectivity index (χ2v) is 4.44. The van der Waals surface area contributed by atoms with Gasteiger partial charge >= 0.3 is 0 Å². The standard InChI is InChI=1S/C15H17N3O3/c1-2-8-21-15-12(4-3-7-16-15)10-18-14(20)11-5-6-13(19)17-9-11/h3-7,9H,2,8,10H2,1H3,(H,17,19)(H,18,20). The maximum atomic E-state index is 12.0. The molecule has 0 aliphatic carbocycles. The van der Waals surface area contributed by atoms with Crippen LogP contribution in [0.15, 0.2) is 41.5 Å². The first-order valence-corrected chi connectivity index (χ1v) is 6.74. The van der Waals surface area contributed by atoms with Crippen LogP contribution in [0.25, 0.3) is 0 Å². The summed E-state index contributed by atoms with van der Waals surface area (Å²) in [6, 6.07) is 6.44. The van der Waals surface area contributed by atoms with E-state index < -0.39 is 0 Å². The van der Waals surface area contributed by atoms with Crippen LogP contribution in [0.2, 0.25) is 0 Å². The minimum Gasteiger partial charge on any atom is -0.477 e. The Morgan fingerprint density at radius 1 is 1.38 bits per heavy atom. The van der Waals surface area contributed by atoms with Crippen molar-refractivity contribution in [2.75, 3.05) is 6.61 Å². The number of amides is 1. The van der Waals surface area contributed by atoms with E-state index in [1.54, 1.807) is 12.3 Å². The lowest BCUT2D eigenvalue weighted by Gasteiger charge is -2.10. The van der Waals surface area contributed by atoms with E-state index in [9.17, 15) is 9.59 Å². The predicted octanol–water partition coefficient (Wildman–Crippen LogP) is 1.49. The van der Waals surface area contributed by atoms with Crippen molar-refractivity contribution in [3.05, 3.63) is 58.1 Å². The highest BCUT2D eigenvalue weighted by atomic mass is 16.5. The molecule has 0 fully saturated rings. The van der Waals surface area contributed by atoms with E-state index in [1.165, 1.54) is 18.3 Å². The molecule has 0 aliphatic heterocycles. The fraction of sp³-hybridized carbons (Fsp3) is 0.267. The van der Waals surface area contributed by atoms with E-state index in [2.05, 4.69) is 15.3 Å². The number of carbonyl (C=O) groups is 1. The predicted molar refractivity (Wildman–Crippen MR) is 78.3 cm³/mol. The van der Waals surface area contributed by atoms with Crippen LogP contribution < -0.4 is 15.6 Å². The van der Waals surface area contributed by atoms with E-state index in [-0.39, 0.29) is 11.5 Å². The second-order valence-electron chi connectivity index (χ2n) is 4.44. The Kier molecular flexibility index (Phi) is 5.09. The molecule has 0 saturated heterocycles. The van der Waals surface area contributed by atoms with Gasteiger partial charge in [-0.25, -0.2) is 4.98 Å². The summed E-state index contributed by atoms with van der Waals surface area (Å²) in [4.78, 5) is 29.5. The monoisotopic (exact) mass is 287 g/mol. The molecule has 2 aromatic heterocycles. The van der Waals surface area contributed by atoms with Crippen molar-refractivity contribution in [2.24, 2.45) is 0 Å². The number of pyridine rings is 2. The fourth-order valence-electron chi connectivity index (χ4n) is 1.72. The SMILES string of the molecule is CCCOc1ncccc1CNC(=O)c1ccc(=O)[nH]c1. The summed E-state index contributed by atoms with van der Waals surface area (Å²) in [7, 11) is 0. The molecule has 1 amide bonds. The molecule has 21 heavy (non-hydrogen) atoms. The lowest BCUT2D eigenvalue weighted by Crippen LogP contribution is -2.24. The van der Waals surface area contributed by atoms with Gasteiger partial charge in [0.25, 0.3) is 5.91 Å². The molecule has 0 aromatic carbocycles. The van der Waals surface area contributed by atoms with Crippen LogP contribution in [0.5, 0.6) is 5.88 Å². The summed E-state index contributed by atoms with van der Waals surface area (Å²) < 4.78 is 5.53. The van der Waals surface area contributed by atoms with Gasteiger partial charge in [-0.1, -0.05) is 13.0 Å². The van der Waals surface area contributed by atoms with Crippen LogP contribution in [0.4, 0.5) is 0 Å². The summed E-state index contributed by atoms with van der Waals surface area (Å²) in [5.41, 5.74) is 0.965. The number of nitrogens with zero attached hydrogens (tertiary/aromatic N) is 1. The Morgan fingerprint density at radius 2 is 2.24 bits per heavy atom. The average Bonchev–Trinajstić information content (AvgIpc) is 2.52. The van der Waals surface area contributed by atoms with Crippen LogP contribution in [0.3, 0.4) is 0 Å². The van der Waals surface area contributed by atoms with E-state index in [0.717, 1.165) is 12.0 Å². The third-order valence-corrected chi connectivity index (χ3v) is 2.78. The fourth-order valence-corrected chi connectivity index (χ4v) is 1.72. The Bertz CT molecular complexity index is 647. The van der Waals surface area contributed by atoms with Gasteiger partial charge in [0.05, 0.1) is 12.2 Å². The number of ether oxygens (including phenoxy) is 1. The third kappa shape index (κ3) is 4.17. The zero-order chi connectivity index (χ0) is 15.1. The van der Waals surface area contributed by atoms with Crippen molar-refractivity contribution in [3.63, 3.8) is 0 Å². The summed E-state index contributed by atoms with van der Waals surface area (Å²) in [6.07, 6.45) is 3.92. The summed E-state index contributed by atoms with van der Waals surface area (Å²) in [5, 5.41) is 2.77. The maximum absolute atomic E-state index is 12.0. The van der Waals surface area contributed by atoms with Crippen molar-refractivity contribution < 1.29 is 9.53 Å². The zero-order valence-electron chi connectivity index (χ0n) is 11.8. The number of nitrogens with one attached hydrogen (secondary N) is 2. The van der Waals surface area contributed by atoms with Crippen molar-refractivity contribution in [1.29, 1.82) is 0 Å². The average molecular weight is 287 g/mol. The third-order valence-electron chi connectivity index (χ3n) is 2.78.